The van der Waals surface area contributed by atoms with E-state index in [2.05, 4.69) is 37.8 Å². The second kappa shape index (κ2) is 8.18. The molecule has 2 rings (SSSR count). The minimum absolute atomic E-state index is 0. The minimum atomic E-state index is 0. The highest BCUT2D eigenvalue weighted by Crippen LogP contribution is 2.22. The standard InChI is InChI=1S/C17H19NO.CH4/c1-3-19-18(14-16-10-6-4-7-11-16)15(2)17-12-8-5-9-13-17;/h3-13,15H,1,14H2,2H3;1H4/t15-;/m1./s1. The van der Waals surface area contributed by atoms with Crippen LogP contribution in [0, 0.1) is 0 Å². The third-order valence-corrected chi connectivity index (χ3v) is 3.11. The lowest BCUT2D eigenvalue weighted by Crippen LogP contribution is -2.25. The summed E-state index contributed by atoms with van der Waals surface area (Å²) in [6.45, 7) is 6.51. The molecule has 0 saturated heterocycles. The van der Waals surface area contributed by atoms with E-state index in [9.17, 15) is 0 Å². The van der Waals surface area contributed by atoms with Crippen molar-refractivity contribution in [1.82, 2.24) is 5.06 Å². The predicted octanol–water partition coefficient (Wildman–Crippen LogP) is 4.96. The van der Waals surface area contributed by atoms with Crippen molar-refractivity contribution in [3.8, 4) is 0 Å². The van der Waals surface area contributed by atoms with Crippen molar-refractivity contribution in [2.75, 3.05) is 0 Å². The quantitative estimate of drug-likeness (QED) is 0.543. The molecule has 0 spiro atoms. The molecule has 0 aliphatic heterocycles. The van der Waals surface area contributed by atoms with Gasteiger partial charge in [-0.3, -0.25) is 0 Å². The first kappa shape index (κ1) is 16.0. The molecule has 106 valence electrons. The third kappa shape index (κ3) is 4.25. The van der Waals surface area contributed by atoms with Gasteiger partial charge in [0.2, 0.25) is 0 Å². The summed E-state index contributed by atoms with van der Waals surface area (Å²) >= 11 is 0. The van der Waals surface area contributed by atoms with E-state index >= 15 is 0 Å². The molecule has 0 aliphatic rings. The monoisotopic (exact) mass is 269 g/mol. The molecule has 0 unspecified atom stereocenters. The molecule has 0 saturated carbocycles. The van der Waals surface area contributed by atoms with Crippen molar-refractivity contribution in [2.24, 2.45) is 0 Å². The first-order valence-electron chi connectivity index (χ1n) is 6.44. The fraction of sp³-hybridized carbons (Fsp3) is 0.222. The molecule has 2 aromatic carbocycles. The van der Waals surface area contributed by atoms with Crippen molar-refractivity contribution < 1.29 is 4.84 Å². The maximum absolute atomic E-state index is 5.56. The lowest BCUT2D eigenvalue weighted by Gasteiger charge is -2.27. The smallest absolute Gasteiger partial charge is 0.104 e. The predicted molar refractivity (Wildman–Crippen MR) is 84.9 cm³/mol. The molecule has 2 heteroatoms. The highest BCUT2D eigenvalue weighted by molar-refractivity contribution is 5.19. The average Bonchev–Trinajstić information content (AvgIpc) is 2.48. The van der Waals surface area contributed by atoms with Gasteiger partial charge in [0.1, 0.15) is 6.26 Å². The zero-order valence-electron chi connectivity index (χ0n) is 11.2. The maximum Gasteiger partial charge on any atom is 0.104 e. The van der Waals surface area contributed by atoms with E-state index in [1.807, 2.05) is 41.5 Å². The van der Waals surface area contributed by atoms with Crippen LogP contribution in [0.2, 0.25) is 0 Å². The Morgan fingerprint density at radius 2 is 1.60 bits per heavy atom. The number of benzene rings is 2. The van der Waals surface area contributed by atoms with Gasteiger partial charge in [0.15, 0.2) is 0 Å². The fourth-order valence-electron chi connectivity index (χ4n) is 2.02. The van der Waals surface area contributed by atoms with E-state index in [0.29, 0.717) is 0 Å². The van der Waals surface area contributed by atoms with Crippen molar-refractivity contribution in [3.63, 3.8) is 0 Å². The van der Waals surface area contributed by atoms with Crippen LogP contribution < -0.4 is 0 Å². The van der Waals surface area contributed by atoms with Gasteiger partial charge in [-0.25, -0.2) is 0 Å². The van der Waals surface area contributed by atoms with Gasteiger partial charge in [0, 0.05) is 0 Å². The molecular formula is C18H23NO. The van der Waals surface area contributed by atoms with Gasteiger partial charge in [0.25, 0.3) is 0 Å². The molecule has 0 aliphatic carbocycles. The van der Waals surface area contributed by atoms with E-state index in [4.69, 9.17) is 4.84 Å². The molecule has 0 radical (unpaired) electrons. The maximum atomic E-state index is 5.56. The first-order valence-corrected chi connectivity index (χ1v) is 6.44. The van der Waals surface area contributed by atoms with Gasteiger partial charge >= 0.3 is 0 Å². The number of nitrogens with zero attached hydrogens (tertiary/aromatic N) is 1. The normalized spacial score (nSPS) is 11.5. The largest absolute Gasteiger partial charge is 0.414 e. The number of rotatable bonds is 6. The second-order valence-electron chi connectivity index (χ2n) is 4.42. The lowest BCUT2D eigenvalue weighted by atomic mass is 10.1. The zero-order chi connectivity index (χ0) is 13.5. The van der Waals surface area contributed by atoms with Gasteiger partial charge in [-0.05, 0) is 18.1 Å². The van der Waals surface area contributed by atoms with Crippen molar-refractivity contribution in [1.29, 1.82) is 0 Å². The highest BCUT2D eigenvalue weighted by atomic mass is 16.7. The van der Waals surface area contributed by atoms with Gasteiger partial charge in [-0.15, -0.1) is 5.06 Å². The summed E-state index contributed by atoms with van der Waals surface area (Å²) in [6.07, 6.45) is 1.47. The molecule has 2 nitrogen and oxygen atoms in total. The third-order valence-electron chi connectivity index (χ3n) is 3.11. The molecular weight excluding hydrogens is 246 g/mol. The van der Waals surface area contributed by atoms with Gasteiger partial charge in [-0.2, -0.15) is 0 Å². The van der Waals surface area contributed by atoms with Gasteiger partial charge < -0.3 is 4.84 Å². The summed E-state index contributed by atoms with van der Waals surface area (Å²) in [5.41, 5.74) is 2.44. The number of hydrogen-bond donors (Lipinski definition) is 0. The van der Waals surface area contributed by atoms with E-state index < -0.39 is 0 Å². The Morgan fingerprint density at radius 3 is 2.15 bits per heavy atom. The van der Waals surface area contributed by atoms with Crippen molar-refractivity contribution in [3.05, 3.63) is 84.6 Å². The summed E-state index contributed by atoms with van der Waals surface area (Å²) in [5.74, 6) is 0. The van der Waals surface area contributed by atoms with Crippen LogP contribution >= 0.6 is 0 Å². The molecule has 2 aromatic rings. The van der Waals surface area contributed by atoms with E-state index in [1.54, 1.807) is 0 Å². The van der Waals surface area contributed by atoms with E-state index in [-0.39, 0.29) is 13.5 Å². The van der Waals surface area contributed by atoms with Crippen LogP contribution in [-0.4, -0.2) is 5.06 Å². The van der Waals surface area contributed by atoms with E-state index in [0.717, 1.165) is 6.54 Å². The van der Waals surface area contributed by atoms with Crippen LogP contribution in [0.1, 0.15) is 31.5 Å². The molecule has 0 N–H and O–H groups in total. The number of hydrogen-bond acceptors (Lipinski definition) is 2. The molecule has 1 atom stereocenters. The summed E-state index contributed by atoms with van der Waals surface area (Å²) in [6, 6.07) is 20.8. The second-order valence-corrected chi connectivity index (χ2v) is 4.42. The molecule has 0 amide bonds. The Balaban J connectivity index is 0.00000200. The average molecular weight is 269 g/mol. The van der Waals surface area contributed by atoms with Crippen molar-refractivity contribution >= 4 is 0 Å². The topological polar surface area (TPSA) is 12.5 Å². The van der Waals surface area contributed by atoms with Crippen molar-refractivity contribution in [2.45, 2.75) is 26.9 Å². The van der Waals surface area contributed by atoms with Crippen LogP contribution in [-0.2, 0) is 11.4 Å². The van der Waals surface area contributed by atoms with Crippen LogP contribution in [0.5, 0.6) is 0 Å². The zero-order valence-corrected chi connectivity index (χ0v) is 11.2. The Bertz CT molecular complexity index is 495. The fourth-order valence-corrected chi connectivity index (χ4v) is 2.02. The van der Waals surface area contributed by atoms with E-state index in [1.165, 1.54) is 17.4 Å². The summed E-state index contributed by atoms with van der Waals surface area (Å²) in [7, 11) is 0. The summed E-state index contributed by atoms with van der Waals surface area (Å²) in [4.78, 5) is 5.56. The summed E-state index contributed by atoms with van der Waals surface area (Å²) in [5, 5.41) is 1.93. The van der Waals surface area contributed by atoms with Crippen LogP contribution in [0.3, 0.4) is 0 Å². The SMILES string of the molecule is C.C=CON(Cc1ccccc1)[C@H](C)c1ccccc1. The Morgan fingerprint density at radius 1 is 1.05 bits per heavy atom. The first-order chi connectivity index (χ1) is 9.31. The van der Waals surface area contributed by atoms with Crippen LogP contribution in [0.15, 0.2) is 73.5 Å². The Kier molecular flexibility index (Phi) is 6.54. The molecule has 0 heterocycles. The number of hydroxylamine groups is 2. The van der Waals surface area contributed by atoms with Gasteiger partial charge in [-0.1, -0.05) is 74.7 Å². The molecule has 0 bridgehead atoms. The molecule has 0 fully saturated rings. The van der Waals surface area contributed by atoms with Crippen LogP contribution in [0.4, 0.5) is 0 Å². The Hall–Kier alpha value is -2.06. The van der Waals surface area contributed by atoms with Crippen LogP contribution in [0.25, 0.3) is 0 Å². The molecule has 0 aromatic heterocycles. The summed E-state index contributed by atoms with van der Waals surface area (Å²) < 4.78 is 0. The van der Waals surface area contributed by atoms with Gasteiger partial charge in [0.05, 0.1) is 12.6 Å². The lowest BCUT2D eigenvalue weighted by molar-refractivity contribution is -0.141. The Labute approximate surface area is 122 Å². The molecule has 20 heavy (non-hydrogen) atoms. The highest BCUT2D eigenvalue weighted by Gasteiger charge is 2.16. The minimum Gasteiger partial charge on any atom is -0.414 e.